The largest absolute Gasteiger partial charge is 0.205 e. The van der Waals surface area contributed by atoms with Crippen molar-refractivity contribution in [2.75, 3.05) is 0 Å². The standard InChI is InChI=1S/C29H54N/c1-3-5-7-9-11-13-14-15-16-17-19-21-24-29-25-23-27-30(28-29)26-22-20-18-12-10-8-6-4-2/h23,25,27-28H,3-22,24,26H2,1-2H3/q+1. The van der Waals surface area contributed by atoms with E-state index in [1.54, 1.807) is 0 Å². The molecule has 0 saturated carbocycles. The number of aromatic nitrogens is 1. The number of unbranched alkanes of at least 4 members (excludes halogenated alkanes) is 18. The Morgan fingerprint density at radius 1 is 0.533 bits per heavy atom. The van der Waals surface area contributed by atoms with E-state index in [4.69, 9.17) is 0 Å². The van der Waals surface area contributed by atoms with E-state index >= 15 is 0 Å². The van der Waals surface area contributed by atoms with E-state index in [0.717, 1.165) is 0 Å². The van der Waals surface area contributed by atoms with Crippen molar-refractivity contribution < 1.29 is 4.57 Å². The van der Waals surface area contributed by atoms with E-state index in [1.807, 2.05) is 0 Å². The molecule has 1 aromatic rings. The summed E-state index contributed by atoms with van der Waals surface area (Å²) in [7, 11) is 0. The van der Waals surface area contributed by atoms with Crippen LogP contribution in [0.5, 0.6) is 0 Å². The summed E-state index contributed by atoms with van der Waals surface area (Å²) >= 11 is 0. The highest BCUT2D eigenvalue weighted by molar-refractivity contribution is 5.05. The summed E-state index contributed by atoms with van der Waals surface area (Å²) in [6.45, 7) is 5.79. The Morgan fingerprint density at radius 2 is 0.967 bits per heavy atom. The maximum absolute atomic E-state index is 2.42. The van der Waals surface area contributed by atoms with Gasteiger partial charge >= 0.3 is 0 Å². The minimum atomic E-state index is 1.20. The molecular weight excluding hydrogens is 362 g/mol. The molecule has 0 atom stereocenters. The van der Waals surface area contributed by atoms with Crippen LogP contribution < -0.4 is 4.57 Å². The summed E-state index contributed by atoms with van der Waals surface area (Å²) in [5.41, 5.74) is 1.53. The monoisotopic (exact) mass is 416 g/mol. The van der Waals surface area contributed by atoms with Crippen LogP contribution in [0.25, 0.3) is 0 Å². The summed E-state index contributed by atoms with van der Waals surface area (Å²) in [5.74, 6) is 0. The van der Waals surface area contributed by atoms with Crippen LogP contribution in [0.4, 0.5) is 0 Å². The third kappa shape index (κ3) is 16.9. The van der Waals surface area contributed by atoms with Crippen LogP contribution in [-0.4, -0.2) is 0 Å². The Kier molecular flexibility index (Phi) is 19.4. The van der Waals surface area contributed by atoms with E-state index in [-0.39, 0.29) is 0 Å². The fraction of sp³-hybridized carbons (Fsp3) is 0.828. The number of hydrogen-bond donors (Lipinski definition) is 0. The van der Waals surface area contributed by atoms with Crippen LogP contribution in [0.15, 0.2) is 24.5 Å². The van der Waals surface area contributed by atoms with Gasteiger partial charge in [-0.2, -0.15) is 0 Å². The van der Waals surface area contributed by atoms with Gasteiger partial charge in [0.05, 0.1) is 0 Å². The second-order valence-corrected chi connectivity index (χ2v) is 9.56. The fourth-order valence-corrected chi connectivity index (χ4v) is 4.46. The van der Waals surface area contributed by atoms with Gasteiger partial charge in [-0.1, -0.05) is 123 Å². The average Bonchev–Trinajstić information content (AvgIpc) is 2.76. The zero-order valence-corrected chi connectivity index (χ0v) is 20.8. The molecule has 0 aliphatic carbocycles. The number of aryl methyl sites for hydroxylation is 2. The van der Waals surface area contributed by atoms with E-state index in [0.29, 0.717) is 0 Å². The van der Waals surface area contributed by atoms with Crippen molar-refractivity contribution in [2.45, 2.75) is 155 Å². The van der Waals surface area contributed by atoms with Gasteiger partial charge in [-0.25, -0.2) is 4.57 Å². The quantitative estimate of drug-likeness (QED) is 0.131. The lowest BCUT2D eigenvalue weighted by atomic mass is 10.0. The van der Waals surface area contributed by atoms with Gasteiger partial charge in [0.1, 0.15) is 6.54 Å². The number of rotatable bonds is 22. The predicted octanol–water partition coefficient (Wildman–Crippen LogP) is 9.36. The summed E-state index contributed by atoms with van der Waals surface area (Å²) in [6.07, 6.45) is 34.3. The average molecular weight is 417 g/mol. The van der Waals surface area contributed by atoms with Crippen molar-refractivity contribution in [3.8, 4) is 0 Å². The van der Waals surface area contributed by atoms with E-state index < -0.39 is 0 Å². The third-order valence-corrected chi connectivity index (χ3v) is 6.51. The van der Waals surface area contributed by atoms with Gasteiger partial charge in [0.25, 0.3) is 0 Å². The molecule has 1 nitrogen and oxygen atoms in total. The Morgan fingerprint density at radius 3 is 1.47 bits per heavy atom. The van der Waals surface area contributed by atoms with Crippen molar-refractivity contribution in [3.63, 3.8) is 0 Å². The minimum absolute atomic E-state index is 1.20. The number of nitrogens with zero attached hydrogens (tertiary/aromatic N) is 1. The van der Waals surface area contributed by atoms with Crippen LogP contribution >= 0.6 is 0 Å². The SMILES string of the molecule is CCCCCCCCCCCCCCc1ccc[n+](CCCCCCCCCC)c1. The molecule has 0 aliphatic rings. The summed E-state index contributed by atoms with van der Waals surface area (Å²) in [5, 5.41) is 0. The maximum Gasteiger partial charge on any atom is 0.171 e. The molecule has 30 heavy (non-hydrogen) atoms. The Balaban J connectivity index is 1.95. The molecule has 0 aromatic carbocycles. The molecule has 1 heterocycles. The van der Waals surface area contributed by atoms with E-state index in [9.17, 15) is 0 Å². The first-order chi connectivity index (χ1) is 14.9. The number of hydrogen-bond acceptors (Lipinski definition) is 0. The smallest absolute Gasteiger partial charge is 0.171 e. The van der Waals surface area contributed by atoms with E-state index in [2.05, 4.69) is 42.9 Å². The molecule has 1 aromatic heterocycles. The highest BCUT2D eigenvalue weighted by Crippen LogP contribution is 2.13. The van der Waals surface area contributed by atoms with Gasteiger partial charge in [-0.3, -0.25) is 0 Å². The molecule has 0 N–H and O–H groups in total. The molecule has 0 saturated heterocycles. The molecule has 0 bridgehead atoms. The highest BCUT2D eigenvalue weighted by atomic mass is 14.9. The lowest BCUT2D eigenvalue weighted by Crippen LogP contribution is -2.33. The molecule has 0 amide bonds. The lowest BCUT2D eigenvalue weighted by Gasteiger charge is -2.04. The first kappa shape index (κ1) is 27.2. The first-order valence-electron chi connectivity index (χ1n) is 13.8. The van der Waals surface area contributed by atoms with Gasteiger partial charge in [-0.05, 0) is 25.3 Å². The fourth-order valence-electron chi connectivity index (χ4n) is 4.46. The van der Waals surface area contributed by atoms with Gasteiger partial charge in [0.15, 0.2) is 12.4 Å². The number of pyridine rings is 1. The molecule has 174 valence electrons. The summed E-state index contributed by atoms with van der Waals surface area (Å²) in [6, 6.07) is 4.57. The predicted molar refractivity (Wildman–Crippen MR) is 134 cm³/mol. The van der Waals surface area contributed by atoms with Crippen LogP contribution in [0, 0.1) is 0 Å². The van der Waals surface area contributed by atoms with Crippen LogP contribution in [0.3, 0.4) is 0 Å². The van der Waals surface area contributed by atoms with Crippen LogP contribution in [0.1, 0.15) is 148 Å². The summed E-state index contributed by atoms with van der Waals surface area (Å²) < 4.78 is 2.42. The molecule has 0 radical (unpaired) electrons. The normalized spacial score (nSPS) is 11.3. The van der Waals surface area contributed by atoms with Crippen LogP contribution in [-0.2, 0) is 13.0 Å². The lowest BCUT2D eigenvalue weighted by molar-refractivity contribution is -0.697. The Bertz CT molecular complexity index is 467. The molecule has 1 heteroatoms. The van der Waals surface area contributed by atoms with Gasteiger partial charge in [0.2, 0.25) is 0 Å². The molecule has 0 unspecified atom stereocenters. The minimum Gasteiger partial charge on any atom is -0.205 e. The van der Waals surface area contributed by atoms with Crippen molar-refractivity contribution in [1.29, 1.82) is 0 Å². The zero-order valence-electron chi connectivity index (χ0n) is 20.8. The Hall–Kier alpha value is -0.850. The van der Waals surface area contributed by atoms with Crippen molar-refractivity contribution in [3.05, 3.63) is 30.1 Å². The molecule has 0 aliphatic heterocycles. The van der Waals surface area contributed by atoms with Crippen molar-refractivity contribution in [2.24, 2.45) is 0 Å². The topological polar surface area (TPSA) is 3.88 Å². The van der Waals surface area contributed by atoms with Gasteiger partial charge in [0, 0.05) is 18.1 Å². The van der Waals surface area contributed by atoms with Crippen molar-refractivity contribution in [1.82, 2.24) is 0 Å². The van der Waals surface area contributed by atoms with E-state index in [1.165, 1.54) is 147 Å². The molecule has 0 fully saturated rings. The summed E-state index contributed by atoms with van der Waals surface area (Å²) in [4.78, 5) is 0. The first-order valence-corrected chi connectivity index (χ1v) is 13.8. The molecule has 1 rings (SSSR count). The van der Waals surface area contributed by atoms with Crippen LogP contribution in [0.2, 0.25) is 0 Å². The maximum atomic E-state index is 2.42. The van der Waals surface area contributed by atoms with Gasteiger partial charge < -0.3 is 0 Å². The molecular formula is C29H54N+. The van der Waals surface area contributed by atoms with Gasteiger partial charge in [-0.15, -0.1) is 0 Å². The second-order valence-electron chi connectivity index (χ2n) is 9.56. The van der Waals surface area contributed by atoms with Crippen molar-refractivity contribution >= 4 is 0 Å². The molecule has 0 spiro atoms. The Labute approximate surface area is 190 Å². The highest BCUT2D eigenvalue weighted by Gasteiger charge is 2.03. The second kappa shape index (κ2) is 21.4. The third-order valence-electron chi connectivity index (χ3n) is 6.51. The zero-order chi connectivity index (χ0) is 21.5.